The number of halogens is 4. The Morgan fingerprint density at radius 1 is 0.786 bits per heavy atom. The van der Waals surface area contributed by atoms with Crippen LogP contribution in [0.5, 0.6) is 0 Å². The van der Waals surface area contributed by atoms with E-state index in [2.05, 4.69) is 46.6 Å². The average Bonchev–Trinajstić information content (AvgIpc) is 3.66. The molecule has 19 heteroatoms. The van der Waals surface area contributed by atoms with E-state index in [-0.39, 0.29) is 38.7 Å². The van der Waals surface area contributed by atoms with Crippen molar-refractivity contribution in [2.45, 2.75) is 83.6 Å². The number of hydrogen-bond donors (Lipinski definition) is 4. The van der Waals surface area contributed by atoms with E-state index in [1.54, 1.807) is 18.6 Å². The van der Waals surface area contributed by atoms with Crippen molar-refractivity contribution in [3.63, 3.8) is 0 Å². The maximum absolute atomic E-state index is 13.2. The summed E-state index contributed by atoms with van der Waals surface area (Å²) in [5.41, 5.74) is 24.2. The van der Waals surface area contributed by atoms with Gasteiger partial charge in [0.2, 0.25) is 0 Å². The zero-order valence-corrected chi connectivity index (χ0v) is 33.3. The molecule has 0 radical (unpaired) electrons. The molecule has 1 saturated carbocycles. The fourth-order valence-corrected chi connectivity index (χ4v) is 10.2. The van der Waals surface area contributed by atoms with Gasteiger partial charge in [-0.05, 0) is 74.1 Å². The van der Waals surface area contributed by atoms with Crippen LogP contribution in [-0.2, 0) is 10.9 Å². The summed E-state index contributed by atoms with van der Waals surface area (Å²) in [6.07, 6.45) is 7.81. The van der Waals surface area contributed by atoms with Crippen molar-refractivity contribution in [2.24, 2.45) is 28.2 Å². The molecule has 13 nitrogen and oxygen atoms in total. The van der Waals surface area contributed by atoms with Crippen LogP contribution in [0.2, 0.25) is 5.15 Å². The van der Waals surface area contributed by atoms with E-state index >= 15 is 0 Å². The van der Waals surface area contributed by atoms with Gasteiger partial charge >= 0.3 is 6.18 Å². The first kappa shape index (κ1) is 40.5. The van der Waals surface area contributed by atoms with Gasteiger partial charge in [0.05, 0.1) is 30.5 Å². The highest BCUT2D eigenvalue weighted by atomic mass is 35.5. The Morgan fingerprint density at radius 3 is 1.80 bits per heavy atom. The summed E-state index contributed by atoms with van der Waals surface area (Å²) < 4.78 is 45.1. The van der Waals surface area contributed by atoms with Gasteiger partial charge in [0.15, 0.2) is 17.3 Å². The normalized spacial score (nSPS) is 23.0. The summed E-state index contributed by atoms with van der Waals surface area (Å²) in [6.45, 7) is 7.09. The van der Waals surface area contributed by atoms with E-state index in [1.165, 1.54) is 23.9 Å². The Labute approximate surface area is 337 Å². The molecule has 8 N–H and O–H groups in total. The lowest BCUT2D eigenvalue weighted by atomic mass is 9.74. The molecule has 300 valence electrons. The Morgan fingerprint density at radius 2 is 1.32 bits per heavy atom. The molecule has 2 spiro atoms. The molecule has 4 fully saturated rings. The summed E-state index contributed by atoms with van der Waals surface area (Å²) >= 11 is 8.29. The van der Waals surface area contributed by atoms with E-state index < -0.39 is 11.9 Å². The van der Waals surface area contributed by atoms with Crippen LogP contribution in [-0.4, -0.2) is 81.4 Å². The largest absolute Gasteiger partial charge is 0.434 e. The fourth-order valence-electron chi connectivity index (χ4n) is 8.31. The molecule has 0 bridgehead atoms. The molecular formula is C37H46ClF3N12OS2. The number of piperidine rings is 2. The lowest BCUT2D eigenvalue weighted by Crippen LogP contribution is -2.49. The molecule has 8 rings (SSSR count). The maximum atomic E-state index is 13.2. The van der Waals surface area contributed by atoms with Gasteiger partial charge < -0.3 is 37.5 Å². The highest BCUT2D eigenvalue weighted by Gasteiger charge is 2.46. The molecule has 0 unspecified atom stereocenters. The molecule has 0 aromatic carbocycles. The molecule has 1 aliphatic carbocycles. The number of hydrogen-bond acceptors (Lipinski definition) is 15. The third kappa shape index (κ3) is 8.74. The second kappa shape index (κ2) is 16.7. The smallest absolute Gasteiger partial charge is 0.381 e. The molecule has 4 aromatic heterocycles. The number of alkyl halides is 3. The van der Waals surface area contributed by atoms with Crippen LogP contribution in [0.3, 0.4) is 0 Å². The minimum atomic E-state index is -4.55. The summed E-state index contributed by atoms with van der Waals surface area (Å²) in [7, 11) is 0. The molecule has 56 heavy (non-hydrogen) atoms. The van der Waals surface area contributed by atoms with E-state index in [4.69, 9.17) is 39.3 Å². The van der Waals surface area contributed by atoms with Crippen LogP contribution in [0.1, 0.15) is 51.1 Å². The van der Waals surface area contributed by atoms with E-state index in [1.807, 2.05) is 12.1 Å². The summed E-state index contributed by atoms with van der Waals surface area (Å²) in [4.78, 5) is 30.4. The first-order valence-electron chi connectivity index (χ1n) is 18.6. The van der Waals surface area contributed by atoms with Gasteiger partial charge in [0, 0.05) is 61.0 Å². The van der Waals surface area contributed by atoms with E-state index in [9.17, 15) is 13.2 Å². The molecule has 7 heterocycles. The van der Waals surface area contributed by atoms with Crippen molar-refractivity contribution in [1.29, 1.82) is 0 Å². The van der Waals surface area contributed by atoms with Crippen molar-refractivity contribution < 1.29 is 17.9 Å². The predicted molar refractivity (Wildman–Crippen MR) is 213 cm³/mol. The topological polar surface area (TPSA) is 197 Å². The van der Waals surface area contributed by atoms with Gasteiger partial charge in [-0.25, -0.2) is 24.9 Å². The van der Waals surface area contributed by atoms with Crippen LogP contribution in [0.4, 0.5) is 36.4 Å². The number of nitrogens with zero attached hydrogens (tertiary/aromatic N) is 8. The van der Waals surface area contributed by atoms with Gasteiger partial charge in [-0.1, -0.05) is 42.0 Å². The Kier molecular flexibility index (Phi) is 12.1. The van der Waals surface area contributed by atoms with Crippen LogP contribution >= 0.6 is 35.1 Å². The van der Waals surface area contributed by atoms with Crippen molar-refractivity contribution in [3.05, 3.63) is 59.9 Å². The maximum Gasteiger partial charge on any atom is 0.434 e. The van der Waals surface area contributed by atoms with Crippen molar-refractivity contribution >= 4 is 58.4 Å². The monoisotopic (exact) mass is 830 g/mol. The summed E-state index contributed by atoms with van der Waals surface area (Å²) in [5, 5.41) is 1.29. The minimum Gasteiger partial charge on any atom is -0.381 e. The molecule has 3 atom stereocenters. The second-order valence-corrected chi connectivity index (χ2v) is 17.6. The third-order valence-corrected chi connectivity index (χ3v) is 14.0. The number of rotatable bonds is 6. The molecule has 0 amide bonds. The number of nitrogens with two attached hydrogens (primary N) is 4. The zero-order valence-electron chi connectivity index (χ0n) is 31.0. The summed E-state index contributed by atoms with van der Waals surface area (Å²) in [6, 6.07) is 6.88. The number of ether oxygens (including phenoxy) is 1. The lowest BCUT2D eigenvalue weighted by Gasteiger charge is -2.42. The fraction of sp³-hybridized carbons (Fsp3) is 0.514. The first-order valence-corrected chi connectivity index (χ1v) is 20.6. The van der Waals surface area contributed by atoms with E-state index in [0.717, 1.165) is 100.0 Å². The van der Waals surface area contributed by atoms with Crippen LogP contribution in [0, 0.1) is 16.7 Å². The molecule has 4 aliphatic rings. The third-order valence-electron chi connectivity index (χ3n) is 11.5. The Bertz CT molecular complexity index is 2000. The van der Waals surface area contributed by atoms with Gasteiger partial charge in [-0.15, -0.1) is 0 Å². The number of anilines is 4. The average molecular weight is 831 g/mol. The molecular weight excluding hydrogens is 785 g/mol. The second-order valence-electron chi connectivity index (χ2n) is 15.2. The summed E-state index contributed by atoms with van der Waals surface area (Å²) in [5.74, 6) is 2.61. The minimum absolute atomic E-state index is 0.0528. The SMILES string of the molecule is C[C@H]1C[C@@H](N)C2(CCN(c3cnc(Sc4cccnc4C(F)(F)F)c(N)n3)CC2)C1.Nc1nc(N2CCC3(CC2)COC[C@H]3N)cnc1Sc1cccnc1Cl. The number of aromatic nitrogens is 6. The van der Waals surface area contributed by atoms with Crippen LogP contribution < -0.4 is 32.7 Å². The van der Waals surface area contributed by atoms with Crippen LogP contribution in [0.25, 0.3) is 0 Å². The zero-order chi connectivity index (χ0) is 39.7. The Hall–Kier alpha value is -3.68. The van der Waals surface area contributed by atoms with Gasteiger partial charge in [-0.2, -0.15) is 13.2 Å². The predicted octanol–water partition coefficient (Wildman–Crippen LogP) is 6.17. The molecule has 3 saturated heterocycles. The lowest BCUT2D eigenvalue weighted by molar-refractivity contribution is -0.143. The quantitative estimate of drug-likeness (QED) is 0.161. The highest BCUT2D eigenvalue weighted by molar-refractivity contribution is 7.99. The van der Waals surface area contributed by atoms with Crippen molar-refractivity contribution in [3.8, 4) is 0 Å². The van der Waals surface area contributed by atoms with Crippen molar-refractivity contribution in [1.82, 2.24) is 29.9 Å². The first-order chi connectivity index (χ1) is 26.7. The highest BCUT2D eigenvalue weighted by Crippen LogP contribution is 2.48. The standard InChI is InChI=1S/C20H25F3N6S.C17H21ClN6OS/c1-12-9-14(24)19(10-12)4-7-29(8-5-19)15-11-27-18(17(25)28-15)30-13-3-2-6-26-16(13)20(21,22)23;18-14-11(2-1-5-21-14)26-16-15(20)23-13(8-22-16)24-6-3-17(4-7-24)10-25-9-12(17)19/h2-3,6,11-12,14H,4-5,7-10,24H2,1H3,(H2,25,28);1-2,5,8,12H,3-4,6-7,9-10,19H2,(H2,20,23)/t12-,14+;12-/m01/s1. The van der Waals surface area contributed by atoms with Gasteiger partial charge in [-0.3, -0.25) is 4.98 Å². The number of nitrogen functional groups attached to an aromatic ring is 2. The van der Waals surface area contributed by atoms with Crippen molar-refractivity contribution in [2.75, 3.05) is 60.7 Å². The van der Waals surface area contributed by atoms with Gasteiger partial charge in [0.25, 0.3) is 0 Å². The molecule has 3 aliphatic heterocycles. The van der Waals surface area contributed by atoms with Gasteiger partial charge in [0.1, 0.15) is 26.8 Å². The number of pyridine rings is 2. The molecule has 4 aromatic rings. The Balaban J connectivity index is 0.000000173. The van der Waals surface area contributed by atoms with E-state index in [0.29, 0.717) is 34.3 Å². The van der Waals surface area contributed by atoms with Crippen LogP contribution in [0.15, 0.2) is 68.9 Å².